The molecule has 0 fully saturated rings. The van der Waals surface area contributed by atoms with Crippen LogP contribution in [0.25, 0.3) is 0 Å². The number of carbonyl (C=O) groups excluding carboxylic acids is 2. The molecule has 1 aliphatic heterocycles. The third-order valence-corrected chi connectivity index (χ3v) is 7.52. The van der Waals surface area contributed by atoms with E-state index in [0.29, 0.717) is 30.0 Å². The molecule has 0 aliphatic carbocycles. The van der Waals surface area contributed by atoms with Crippen LogP contribution in [0.2, 0.25) is 0 Å². The summed E-state index contributed by atoms with van der Waals surface area (Å²) in [6.07, 6.45) is 0.639. The highest BCUT2D eigenvalue weighted by molar-refractivity contribution is 7.92. The van der Waals surface area contributed by atoms with Crippen LogP contribution in [0, 0.1) is 13.8 Å². The normalized spacial score (nSPS) is 13.0. The minimum Gasteiger partial charge on any atom is -0.343 e. The molecule has 1 aliphatic rings. The Balaban J connectivity index is 1.45. The predicted octanol–water partition coefficient (Wildman–Crippen LogP) is 2.16. The van der Waals surface area contributed by atoms with E-state index >= 15 is 0 Å². The molecule has 0 atom stereocenters. The molecule has 33 heavy (non-hydrogen) atoms. The van der Waals surface area contributed by atoms with Crippen molar-refractivity contribution in [1.29, 1.82) is 0 Å². The van der Waals surface area contributed by atoms with Gasteiger partial charge in [-0.05, 0) is 50.1 Å². The maximum Gasteiger partial charge on any atom is 0.264 e. The van der Waals surface area contributed by atoms with Crippen LogP contribution in [0.15, 0.2) is 53.4 Å². The predicted molar refractivity (Wildman–Crippen MR) is 125 cm³/mol. The molecule has 0 bridgehead atoms. The van der Waals surface area contributed by atoms with Crippen LogP contribution < -0.4 is 14.9 Å². The molecule has 1 aromatic heterocycles. The van der Waals surface area contributed by atoms with E-state index in [9.17, 15) is 18.0 Å². The minimum absolute atomic E-state index is 0.0258. The van der Waals surface area contributed by atoms with Gasteiger partial charge in [-0.15, -0.1) is 0 Å². The fourth-order valence-electron chi connectivity index (χ4n) is 3.88. The Kier molecular flexibility index (Phi) is 5.94. The van der Waals surface area contributed by atoms with Gasteiger partial charge < -0.3 is 10.6 Å². The van der Waals surface area contributed by atoms with Crippen LogP contribution in [0.4, 0.5) is 11.4 Å². The van der Waals surface area contributed by atoms with Crippen molar-refractivity contribution >= 4 is 33.2 Å². The number of anilines is 2. The molecule has 0 saturated heterocycles. The van der Waals surface area contributed by atoms with E-state index < -0.39 is 21.8 Å². The Morgan fingerprint density at radius 1 is 1.09 bits per heavy atom. The van der Waals surface area contributed by atoms with Crippen molar-refractivity contribution in [2.24, 2.45) is 7.05 Å². The number of hydrogen-bond acceptors (Lipinski definition) is 5. The van der Waals surface area contributed by atoms with Gasteiger partial charge in [0.1, 0.15) is 0 Å². The number of rotatable bonds is 6. The van der Waals surface area contributed by atoms with Crippen LogP contribution >= 0.6 is 0 Å². The molecule has 0 radical (unpaired) electrons. The molecule has 0 unspecified atom stereocenters. The summed E-state index contributed by atoms with van der Waals surface area (Å²) in [5.41, 5.74) is 3.87. The fraction of sp³-hybridized carbons (Fsp3) is 0.261. The average Bonchev–Trinajstić information content (AvgIpc) is 3.34. The molecule has 0 saturated carbocycles. The van der Waals surface area contributed by atoms with E-state index in [1.807, 2.05) is 19.1 Å². The van der Waals surface area contributed by atoms with E-state index in [0.717, 1.165) is 11.3 Å². The maximum absolute atomic E-state index is 13.2. The Morgan fingerprint density at radius 2 is 1.85 bits per heavy atom. The second-order valence-electron chi connectivity index (χ2n) is 7.88. The maximum atomic E-state index is 13.2. The number of nitrogens with one attached hydrogen (secondary N) is 2. The molecule has 9 nitrogen and oxygen atoms in total. The van der Waals surface area contributed by atoms with Gasteiger partial charge in [-0.25, -0.2) is 8.42 Å². The van der Waals surface area contributed by atoms with Gasteiger partial charge in [0.05, 0.1) is 34.2 Å². The van der Waals surface area contributed by atoms with E-state index in [1.54, 1.807) is 30.8 Å². The molecular formula is C23H25N5O4S. The van der Waals surface area contributed by atoms with Crippen molar-refractivity contribution in [3.05, 3.63) is 71.0 Å². The Hall–Kier alpha value is -3.66. The van der Waals surface area contributed by atoms with Crippen molar-refractivity contribution in [2.75, 3.05) is 22.7 Å². The number of aryl methyl sites for hydroxylation is 2. The monoisotopic (exact) mass is 467 g/mol. The van der Waals surface area contributed by atoms with Gasteiger partial charge in [0, 0.05) is 19.2 Å². The topological polar surface area (TPSA) is 113 Å². The van der Waals surface area contributed by atoms with Crippen molar-refractivity contribution in [3.63, 3.8) is 0 Å². The van der Waals surface area contributed by atoms with Crippen molar-refractivity contribution in [1.82, 2.24) is 15.1 Å². The minimum atomic E-state index is -3.82. The molecule has 2 N–H and O–H groups in total. The zero-order chi connectivity index (χ0) is 23.8. The van der Waals surface area contributed by atoms with Crippen LogP contribution in [0.5, 0.6) is 0 Å². The molecular weight excluding hydrogens is 442 g/mol. The summed E-state index contributed by atoms with van der Waals surface area (Å²) in [4.78, 5) is 25.0. The van der Waals surface area contributed by atoms with Gasteiger partial charge in [0.25, 0.3) is 15.9 Å². The van der Waals surface area contributed by atoms with Gasteiger partial charge in [0.2, 0.25) is 5.91 Å². The molecule has 3 aromatic rings. The van der Waals surface area contributed by atoms with E-state index in [-0.39, 0.29) is 17.0 Å². The largest absolute Gasteiger partial charge is 0.343 e. The lowest BCUT2D eigenvalue weighted by molar-refractivity contribution is -0.115. The Bertz CT molecular complexity index is 1350. The van der Waals surface area contributed by atoms with Crippen molar-refractivity contribution < 1.29 is 18.0 Å². The van der Waals surface area contributed by atoms with E-state index in [4.69, 9.17) is 0 Å². The molecule has 2 heterocycles. The lowest BCUT2D eigenvalue weighted by Gasteiger charge is -2.20. The summed E-state index contributed by atoms with van der Waals surface area (Å²) >= 11 is 0. The Labute approximate surface area is 192 Å². The highest BCUT2D eigenvalue weighted by Crippen LogP contribution is 2.32. The van der Waals surface area contributed by atoms with Crippen LogP contribution in [-0.2, 0) is 28.3 Å². The van der Waals surface area contributed by atoms with Gasteiger partial charge >= 0.3 is 0 Å². The SMILES string of the molecule is Cc1nn(C)c(C)c1NC(=O)CNC(=O)c1cccc(S(=O)(=O)N2CCc3ccccc32)c1. The van der Waals surface area contributed by atoms with Crippen molar-refractivity contribution in [3.8, 4) is 0 Å². The summed E-state index contributed by atoms with van der Waals surface area (Å²) in [5.74, 6) is -0.941. The van der Waals surface area contributed by atoms with E-state index in [2.05, 4.69) is 15.7 Å². The molecule has 4 rings (SSSR count). The van der Waals surface area contributed by atoms with Crippen LogP contribution in [0.1, 0.15) is 27.3 Å². The smallest absolute Gasteiger partial charge is 0.264 e. The summed E-state index contributed by atoms with van der Waals surface area (Å²) in [6, 6.07) is 13.2. The second-order valence-corrected chi connectivity index (χ2v) is 9.75. The molecule has 2 amide bonds. The molecule has 172 valence electrons. The number of fused-ring (bicyclic) bond motifs is 1. The number of para-hydroxylation sites is 1. The first kappa shape index (κ1) is 22.5. The first-order chi connectivity index (χ1) is 15.7. The van der Waals surface area contributed by atoms with Gasteiger partial charge in [0.15, 0.2) is 0 Å². The summed E-state index contributed by atoms with van der Waals surface area (Å²) in [5, 5.41) is 9.53. The van der Waals surface area contributed by atoms with Gasteiger partial charge in [-0.1, -0.05) is 24.3 Å². The first-order valence-corrected chi connectivity index (χ1v) is 11.9. The zero-order valence-electron chi connectivity index (χ0n) is 18.6. The number of nitrogens with zero attached hydrogens (tertiary/aromatic N) is 3. The fourth-order valence-corrected chi connectivity index (χ4v) is 5.43. The summed E-state index contributed by atoms with van der Waals surface area (Å²) in [6.45, 7) is 3.71. The second kappa shape index (κ2) is 8.70. The summed E-state index contributed by atoms with van der Waals surface area (Å²) in [7, 11) is -2.04. The molecule has 2 aromatic carbocycles. The number of aromatic nitrogens is 2. The van der Waals surface area contributed by atoms with Crippen LogP contribution in [-0.4, -0.2) is 43.1 Å². The third-order valence-electron chi connectivity index (χ3n) is 5.71. The lowest BCUT2D eigenvalue weighted by atomic mass is 10.2. The highest BCUT2D eigenvalue weighted by atomic mass is 32.2. The number of carbonyl (C=O) groups is 2. The summed E-state index contributed by atoms with van der Waals surface area (Å²) < 4.78 is 29.5. The first-order valence-electron chi connectivity index (χ1n) is 10.5. The van der Waals surface area contributed by atoms with Gasteiger partial charge in [-0.3, -0.25) is 18.6 Å². The number of hydrogen-bond donors (Lipinski definition) is 2. The highest BCUT2D eigenvalue weighted by Gasteiger charge is 2.31. The van der Waals surface area contributed by atoms with Crippen LogP contribution in [0.3, 0.4) is 0 Å². The lowest BCUT2D eigenvalue weighted by Crippen LogP contribution is -2.33. The Morgan fingerprint density at radius 3 is 2.58 bits per heavy atom. The average molecular weight is 468 g/mol. The molecule has 0 spiro atoms. The third kappa shape index (κ3) is 4.34. The zero-order valence-corrected chi connectivity index (χ0v) is 19.4. The van der Waals surface area contributed by atoms with E-state index in [1.165, 1.54) is 28.6 Å². The molecule has 10 heteroatoms. The van der Waals surface area contributed by atoms with Gasteiger partial charge in [-0.2, -0.15) is 5.10 Å². The number of benzene rings is 2. The van der Waals surface area contributed by atoms with Crippen molar-refractivity contribution in [2.45, 2.75) is 25.2 Å². The number of sulfonamides is 1. The quantitative estimate of drug-likeness (QED) is 0.577. The standard InChI is InChI=1S/C23H25N5O4S/c1-15-22(16(2)27(3)26-15)25-21(29)14-24-23(30)18-8-6-9-19(13-18)33(31,32)28-12-11-17-7-4-5-10-20(17)28/h4-10,13H,11-12,14H2,1-3H3,(H,24,30)(H,25,29). The number of amides is 2.